The molecule has 0 heterocycles. The first kappa shape index (κ1) is 18.9. The predicted molar refractivity (Wildman–Crippen MR) is 80.1 cm³/mol. The molecule has 23 heavy (non-hydrogen) atoms. The van der Waals surface area contributed by atoms with Crippen LogP contribution in [-0.4, -0.2) is 24.3 Å². The van der Waals surface area contributed by atoms with Crippen LogP contribution in [0, 0.1) is 0 Å². The van der Waals surface area contributed by atoms with Crippen LogP contribution >= 0.6 is 0 Å². The molecule has 1 atom stereocenters. The SMILES string of the molecule is CCOC(=O)C(NC(=O)OC(C)(C)C)c1cccc(C(F)F)c1. The number of alkyl carbamates (subject to hydrolysis) is 1. The lowest BCUT2D eigenvalue weighted by atomic mass is 10.0. The molecular weight excluding hydrogens is 308 g/mol. The molecular formula is C16H21F2NO4. The fourth-order valence-corrected chi connectivity index (χ4v) is 1.80. The summed E-state index contributed by atoms with van der Waals surface area (Å²) >= 11 is 0. The van der Waals surface area contributed by atoms with Crippen molar-refractivity contribution >= 4 is 12.1 Å². The van der Waals surface area contributed by atoms with Crippen molar-refractivity contribution in [2.45, 2.75) is 45.8 Å². The van der Waals surface area contributed by atoms with Gasteiger partial charge in [0.1, 0.15) is 5.60 Å². The van der Waals surface area contributed by atoms with E-state index in [0.717, 1.165) is 6.07 Å². The zero-order valence-corrected chi connectivity index (χ0v) is 13.6. The molecule has 1 rings (SSSR count). The molecule has 0 aromatic heterocycles. The zero-order valence-electron chi connectivity index (χ0n) is 13.6. The lowest BCUT2D eigenvalue weighted by Crippen LogP contribution is -2.38. The molecule has 0 bridgehead atoms. The van der Waals surface area contributed by atoms with Crippen LogP contribution in [0.25, 0.3) is 0 Å². The summed E-state index contributed by atoms with van der Waals surface area (Å²) in [4.78, 5) is 23.9. The highest BCUT2D eigenvalue weighted by atomic mass is 19.3. The van der Waals surface area contributed by atoms with Crippen molar-refractivity contribution in [1.82, 2.24) is 5.32 Å². The standard InChI is InChI=1S/C16H21F2NO4/c1-5-22-14(20)12(19-15(21)23-16(2,3)4)10-7-6-8-11(9-10)13(17)18/h6-9,12-13H,5H2,1-4H3,(H,19,21). The smallest absolute Gasteiger partial charge is 0.408 e. The van der Waals surface area contributed by atoms with Crippen LogP contribution in [0.1, 0.15) is 51.3 Å². The molecule has 0 fully saturated rings. The fourth-order valence-electron chi connectivity index (χ4n) is 1.80. The van der Waals surface area contributed by atoms with E-state index in [9.17, 15) is 18.4 Å². The average molecular weight is 329 g/mol. The van der Waals surface area contributed by atoms with Gasteiger partial charge in [0.25, 0.3) is 6.43 Å². The maximum atomic E-state index is 12.8. The monoisotopic (exact) mass is 329 g/mol. The molecule has 5 nitrogen and oxygen atoms in total. The van der Waals surface area contributed by atoms with E-state index in [1.165, 1.54) is 18.2 Å². The molecule has 0 aliphatic heterocycles. The molecule has 0 saturated carbocycles. The van der Waals surface area contributed by atoms with E-state index >= 15 is 0 Å². The number of ether oxygens (including phenoxy) is 2. The average Bonchev–Trinajstić information content (AvgIpc) is 2.43. The van der Waals surface area contributed by atoms with Gasteiger partial charge in [0.15, 0.2) is 6.04 Å². The molecule has 1 N–H and O–H groups in total. The Morgan fingerprint density at radius 3 is 2.35 bits per heavy atom. The van der Waals surface area contributed by atoms with Gasteiger partial charge >= 0.3 is 12.1 Å². The zero-order chi connectivity index (χ0) is 17.6. The summed E-state index contributed by atoms with van der Waals surface area (Å²) in [7, 11) is 0. The Morgan fingerprint density at radius 1 is 1.22 bits per heavy atom. The van der Waals surface area contributed by atoms with Crippen LogP contribution < -0.4 is 5.32 Å². The van der Waals surface area contributed by atoms with Gasteiger partial charge in [0, 0.05) is 5.56 Å². The van der Waals surface area contributed by atoms with E-state index in [2.05, 4.69) is 5.32 Å². The van der Waals surface area contributed by atoms with Crippen molar-refractivity contribution in [2.24, 2.45) is 0 Å². The second-order valence-corrected chi connectivity index (χ2v) is 5.80. The summed E-state index contributed by atoms with van der Waals surface area (Å²) in [5, 5.41) is 2.36. The first-order chi connectivity index (χ1) is 10.6. The third-order valence-electron chi connectivity index (χ3n) is 2.68. The van der Waals surface area contributed by atoms with Gasteiger partial charge in [-0.15, -0.1) is 0 Å². The number of esters is 1. The van der Waals surface area contributed by atoms with E-state index in [1.807, 2.05) is 0 Å². The van der Waals surface area contributed by atoms with E-state index in [4.69, 9.17) is 9.47 Å². The number of carbonyl (C=O) groups excluding carboxylic acids is 2. The quantitative estimate of drug-likeness (QED) is 0.836. The second-order valence-electron chi connectivity index (χ2n) is 5.80. The molecule has 1 unspecified atom stereocenters. The van der Waals surface area contributed by atoms with Gasteiger partial charge in [-0.3, -0.25) is 0 Å². The van der Waals surface area contributed by atoms with Crippen LogP contribution in [0.2, 0.25) is 0 Å². The lowest BCUT2D eigenvalue weighted by Gasteiger charge is -2.23. The number of carbonyl (C=O) groups is 2. The van der Waals surface area contributed by atoms with Crippen molar-refractivity contribution in [3.05, 3.63) is 35.4 Å². The number of hydrogen-bond donors (Lipinski definition) is 1. The number of halogens is 2. The predicted octanol–water partition coefficient (Wildman–Crippen LogP) is 3.75. The summed E-state index contributed by atoms with van der Waals surface area (Å²) in [6.45, 7) is 6.72. The fraction of sp³-hybridized carbons (Fsp3) is 0.500. The van der Waals surface area contributed by atoms with Crippen molar-refractivity contribution in [1.29, 1.82) is 0 Å². The summed E-state index contributed by atoms with van der Waals surface area (Å²) in [6.07, 6.45) is -3.52. The molecule has 128 valence electrons. The molecule has 0 aliphatic rings. The van der Waals surface area contributed by atoms with Crippen LogP contribution in [0.3, 0.4) is 0 Å². The third kappa shape index (κ3) is 6.22. The van der Waals surface area contributed by atoms with Gasteiger partial charge in [0.2, 0.25) is 0 Å². The highest BCUT2D eigenvalue weighted by molar-refractivity contribution is 5.83. The Balaban J connectivity index is 3.03. The maximum Gasteiger partial charge on any atom is 0.408 e. The Kier molecular flexibility index (Phi) is 6.48. The second kappa shape index (κ2) is 7.89. The highest BCUT2D eigenvalue weighted by Gasteiger charge is 2.27. The first-order valence-corrected chi connectivity index (χ1v) is 7.18. The van der Waals surface area contributed by atoms with Crippen LogP contribution in [-0.2, 0) is 14.3 Å². The summed E-state index contributed by atoms with van der Waals surface area (Å²) in [5.41, 5.74) is -0.802. The number of nitrogens with one attached hydrogen (secondary N) is 1. The maximum absolute atomic E-state index is 12.8. The Morgan fingerprint density at radius 2 is 1.83 bits per heavy atom. The van der Waals surface area contributed by atoms with Gasteiger partial charge in [0.05, 0.1) is 6.61 Å². The third-order valence-corrected chi connectivity index (χ3v) is 2.68. The number of alkyl halides is 2. The molecule has 0 radical (unpaired) electrons. The Labute approximate surface area is 134 Å². The minimum absolute atomic E-state index is 0.0971. The Bertz CT molecular complexity index is 555. The molecule has 1 amide bonds. The van der Waals surface area contributed by atoms with Gasteiger partial charge in [-0.05, 0) is 39.3 Å². The van der Waals surface area contributed by atoms with Crippen molar-refractivity contribution in [2.75, 3.05) is 6.61 Å². The van der Waals surface area contributed by atoms with Gasteiger partial charge in [-0.2, -0.15) is 0 Å². The summed E-state index contributed by atoms with van der Waals surface area (Å²) < 4.78 is 35.6. The van der Waals surface area contributed by atoms with Crippen molar-refractivity contribution in [3.63, 3.8) is 0 Å². The van der Waals surface area contributed by atoms with Crippen molar-refractivity contribution in [3.8, 4) is 0 Å². The van der Waals surface area contributed by atoms with Gasteiger partial charge in [-0.25, -0.2) is 18.4 Å². The summed E-state index contributed by atoms with van der Waals surface area (Å²) in [5.74, 6) is -0.746. The van der Waals surface area contributed by atoms with Gasteiger partial charge < -0.3 is 14.8 Å². The molecule has 1 aromatic carbocycles. The minimum Gasteiger partial charge on any atom is -0.464 e. The van der Waals surface area contributed by atoms with E-state index < -0.39 is 30.1 Å². The van der Waals surface area contributed by atoms with Gasteiger partial charge in [-0.1, -0.05) is 18.2 Å². The topological polar surface area (TPSA) is 64.6 Å². The Hall–Kier alpha value is -2.18. The van der Waals surface area contributed by atoms with Crippen LogP contribution in [0.15, 0.2) is 24.3 Å². The number of rotatable bonds is 5. The molecule has 0 aliphatic carbocycles. The largest absolute Gasteiger partial charge is 0.464 e. The number of hydrogen-bond acceptors (Lipinski definition) is 4. The van der Waals surface area contributed by atoms with Crippen LogP contribution in [0.4, 0.5) is 13.6 Å². The minimum atomic E-state index is -2.68. The molecule has 7 heteroatoms. The number of benzene rings is 1. The van der Waals surface area contributed by atoms with E-state index in [-0.39, 0.29) is 17.7 Å². The molecule has 0 saturated heterocycles. The normalized spacial score (nSPS) is 12.7. The number of amides is 1. The lowest BCUT2D eigenvalue weighted by molar-refractivity contribution is -0.145. The summed E-state index contributed by atoms with van der Waals surface area (Å²) in [6, 6.07) is 4.03. The van der Waals surface area contributed by atoms with E-state index in [1.54, 1.807) is 27.7 Å². The van der Waals surface area contributed by atoms with Crippen LogP contribution in [0.5, 0.6) is 0 Å². The molecule has 0 spiro atoms. The highest BCUT2D eigenvalue weighted by Crippen LogP contribution is 2.23. The molecule has 1 aromatic rings. The first-order valence-electron chi connectivity index (χ1n) is 7.18. The van der Waals surface area contributed by atoms with E-state index in [0.29, 0.717) is 0 Å². The van der Waals surface area contributed by atoms with Crippen molar-refractivity contribution < 1.29 is 27.8 Å².